The molecule has 0 spiro atoms. The molecule has 170 valence electrons. The lowest BCUT2D eigenvalue weighted by atomic mass is 10.1. The molecule has 2 N–H and O–H groups in total. The number of nitrogens with one attached hydrogen (secondary N) is 2. The molecule has 2 aromatic rings. The first-order valence-electron chi connectivity index (χ1n) is 9.94. The number of ether oxygens (including phenoxy) is 2. The van der Waals surface area contributed by atoms with Crippen LogP contribution in [0.4, 0.5) is 11.4 Å². The van der Waals surface area contributed by atoms with E-state index in [-0.39, 0.29) is 34.7 Å². The number of methoxy groups -OCH3 is 1. The maximum atomic E-state index is 13.4. The molecule has 1 atom stereocenters. The number of halogens is 1. The highest BCUT2D eigenvalue weighted by Gasteiger charge is 2.41. The Morgan fingerprint density at radius 2 is 2.09 bits per heavy atom. The Bertz CT molecular complexity index is 1200. The fourth-order valence-corrected chi connectivity index (χ4v) is 6.01. The van der Waals surface area contributed by atoms with Crippen molar-refractivity contribution in [3.05, 3.63) is 40.9 Å². The summed E-state index contributed by atoms with van der Waals surface area (Å²) in [5.41, 5.74) is 1.69. The lowest BCUT2D eigenvalue weighted by Gasteiger charge is -2.25. The van der Waals surface area contributed by atoms with Gasteiger partial charge >= 0.3 is 0 Å². The summed E-state index contributed by atoms with van der Waals surface area (Å²) < 4.78 is 38.7. The minimum absolute atomic E-state index is 0.0686. The van der Waals surface area contributed by atoms with Gasteiger partial charge in [0.1, 0.15) is 22.4 Å². The van der Waals surface area contributed by atoms with Crippen LogP contribution in [0.5, 0.6) is 11.5 Å². The van der Waals surface area contributed by atoms with Crippen LogP contribution in [0.1, 0.15) is 18.4 Å². The number of carbonyl (C=O) groups is 2. The van der Waals surface area contributed by atoms with Gasteiger partial charge in [-0.2, -0.15) is 4.31 Å². The van der Waals surface area contributed by atoms with Crippen LogP contribution in [-0.2, 0) is 19.6 Å². The van der Waals surface area contributed by atoms with Gasteiger partial charge in [-0.25, -0.2) is 8.42 Å². The van der Waals surface area contributed by atoms with Gasteiger partial charge in [0.05, 0.1) is 23.5 Å². The summed E-state index contributed by atoms with van der Waals surface area (Å²) >= 11 is 6.26. The van der Waals surface area contributed by atoms with Crippen molar-refractivity contribution in [2.75, 3.05) is 30.9 Å². The normalized spacial score (nSPS) is 18.5. The molecule has 1 fully saturated rings. The molecule has 4 rings (SSSR count). The Labute approximate surface area is 190 Å². The molecule has 2 heterocycles. The van der Waals surface area contributed by atoms with E-state index in [9.17, 15) is 18.0 Å². The number of benzene rings is 2. The van der Waals surface area contributed by atoms with E-state index in [4.69, 9.17) is 21.1 Å². The molecule has 11 heteroatoms. The number of hydrogen-bond donors (Lipinski definition) is 2. The molecule has 1 saturated heterocycles. The first kappa shape index (κ1) is 22.4. The van der Waals surface area contributed by atoms with Gasteiger partial charge in [0, 0.05) is 12.6 Å². The zero-order valence-corrected chi connectivity index (χ0v) is 19.0. The van der Waals surface area contributed by atoms with Gasteiger partial charge in [-0.3, -0.25) is 9.59 Å². The number of hydrogen-bond acceptors (Lipinski definition) is 6. The number of carbonyl (C=O) groups excluding carboxylic acids is 2. The van der Waals surface area contributed by atoms with Crippen molar-refractivity contribution in [2.24, 2.45) is 0 Å². The van der Waals surface area contributed by atoms with Crippen molar-refractivity contribution in [3.8, 4) is 11.5 Å². The van der Waals surface area contributed by atoms with Gasteiger partial charge in [-0.15, -0.1) is 0 Å². The van der Waals surface area contributed by atoms with E-state index in [1.54, 1.807) is 12.1 Å². The number of sulfonamides is 1. The zero-order valence-electron chi connectivity index (χ0n) is 17.5. The van der Waals surface area contributed by atoms with Gasteiger partial charge in [0.15, 0.2) is 6.61 Å². The second-order valence-corrected chi connectivity index (χ2v) is 9.85. The molecule has 2 amide bonds. The first-order chi connectivity index (χ1) is 15.2. The van der Waals surface area contributed by atoms with Crippen LogP contribution < -0.4 is 20.1 Å². The Kier molecular flexibility index (Phi) is 6.02. The van der Waals surface area contributed by atoms with Crippen LogP contribution in [0.15, 0.2) is 35.2 Å². The van der Waals surface area contributed by atoms with Crippen molar-refractivity contribution in [1.29, 1.82) is 0 Å². The number of anilines is 2. The van der Waals surface area contributed by atoms with Crippen LogP contribution in [0, 0.1) is 6.92 Å². The molecular weight excluding hydrogens is 458 g/mol. The highest BCUT2D eigenvalue weighted by Crippen LogP contribution is 2.38. The van der Waals surface area contributed by atoms with E-state index in [1.165, 1.54) is 19.2 Å². The molecular formula is C21H22ClN3O6S. The molecule has 0 radical (unpaired) electrons. The number of fused-ring (bicyclic) bond motifs is 1. The zero-order chi connectivity index (χ0) is 23.0. The quantitative estimate of drug-likeness (QED) is 0.681. The fraction of sp³-hybridized carbons (Fsp3) is 0.333. The second kappa shape index (κ2) is 8.61. The highest BCUT2D eigenvalue weighted by atomic mass is 35.5. The lowest BCUT2D eigenvalue weighted by molar-refractivity contribution is -0.119. The maximum absolute atomic E-state index is 13.4. The van der Waals surface area contributed by atoms with Crippen LogP contribution in [0.3, 0.4) is 0 Å². The Hall–Kier alpha value is -2.82. The molecule has 0 saturated carbocycles. The third-order valence-electron chi connectivity index (χ3n) is 5.37. The summed E-state index contributed by atoms with van der Waals surface area (Å²) in [5, 5.41) is 5.31. The van der Waals surface area contributed by atoms with Crippen molar-refractivity contribution < 1.29 is 27.5 Å². The third kappa shape index (κ3) is 4.13. The first-order valence-corrected chi connectivity index (χ1v) is 11.8. The summed E-state index contributed by atoms with van der Waals surface area (Å²) in [4.78, 5) is 24.4. The van der Waals surface area contributed by atoms with Gasteiger partial charge in [-0.1, -0.05) is 17.7 Å². The van der Waals surface area contributed by atoms with Gasteiger partial charge in [0.2, 0.25) is 15.9 Å². The highest BCUT2D eigenvalue weighted by molar-refractivity contribution is 7.89. The number of rotatable bonds is 5. The predicted octanol–water partition coefficient (Wildman–Crippen LogP) is 2.78. The van der Waals surface area contributed by atoms with Crippen LogP contribution in [0.2, 0.25) is 5.02 Å². The average Bonchev–Trinajstić information content (AvgIpc) is 3.24. The standard InChI is InChI=1S/C21H22ClN3O6S/c1-12-5-6-17(30-2)14(8-12)24-21(27)16-4-3-7-25(16)32(28,29)19-10-18-15(9-13(19)22)23-20(26)11-31-18/h5-6,8-10,16H,3-4,7,11H2,1-2H3,(H,23,26)(H,24,27)/t16-/m1/s1. The van der Waals surface area contributed by atoms with Crippen molar-refractivity contribution in [2.45, 2.75) is 30.7 Å². The average molecular weight is 480 g/mol. The number of nitrogens with zero attached hydrogens (tertiary/aromatic N) is 1. The third-order valence-corrected chi connectivity index (χ3v) is 7.75. The summed E-state index contributed by atoms with van der Waals surface area (Å²) in [6, 6.07) is 7.06. The summed E-state index contributed by atoms with van der Waals surface area (Å²) in [6.45, 7) is 1.83. The van der Waals surface area contributed by atoms with E-state index in [1.807, 2.05) is 13.0 Å². The molecule has 0 aromatic heterocycles. The summed E-state index contributed by atoms with van der Waals surface area (Å²) in [6.07, 6.45) is 0.895. The molecule has 0 bridgehead atoms. The Balaban J connectivity index is 1.62. The van der Waals surface area contributed by atoms with E-state index in [2.05, 4.69) is 10.6 Å². The van der Waals surface area contributed by atoms with E-state index in [0.29, 0.717) is 30.0 Å². The minimum Gasteiger partial charge on any atom is -0.495 e. The van der Waals surface area contributed by atoms with Crippen molar-refractivity contribution in [1.82, 2.24) is 4.31 Å². The smallest absolute Gasteiger partial charge is 0.262 e. The van der Waals surface area contributed by atoms with Gasteiger partial charge in [-0.05, 0) is 43.5 Å². The Morgan fingerprint density at radius 3 is 2.84 bits per heavy atom. The molecule has 2 aliphatic heterocycles. The van der Waals surface area contributed by atoms with E-state index in [0.717, 1.165) is 9.87 Å². The number of aryl methyl sites for hydroxylation is 1. The van der Waals surface area contributed by atoms with E-state index >= 15 is 0 Å². The van der Waals surface area contributed by atoms with Crippen molar-refractivity contribution >= 4 is 44.8 Å². The largest absolute Gasteiger partial charge is 0.495 e. The van der Waals surface area contributed by atoms with Crippen LogP contribution in [0.25, 0.3) is 0 Å². The van der Waals surface area contributed by atoms with E-state index < -0.39 is 22.0 Å². The molecule has 9 nitrogen and oxygen atoms in total. The fourth-order valence-electron chi connectivity index (χ4n) is 3.83. The SMILES string of the molecule is COc1ccc(C)cc1NC(=O)[C@H]1CCCN1S(=O)(=O)c1cc2c(cc1Cl)NC(=O)CO2. The topological polar surface area (TPSA) is 114 Å². The van der Waals surface area contributed by atoms with Crippen LogP contribution in [-0.4, -0.2) is 50.8 Å². The summed E-state index contributed by atoms with van der Waals surface area (Å²) in [7, 11) is -2.61. The van der Waals surface area contributed by atoms with Crippen LogP contribution >= 0.6 is 11.6 Å². The molecule has 32 heavy (non-hydrogen) atoms. The maximum Gasteiger partial charge on any atom is 0.262 e. The Morgan fingerprint density at radius 1 is 1.31 bits per heavy atom. The monoisotopic (exact) mass is 479 g/mol. The van der Waals surface area contributed by atoms with Gasteiger partial charge < -0.3 is 20.1 Å². The number of amides is 2. The molecule has 0 aliphatic carbocycles. The molecule has 2 aliphatic rings. The lowest BCUT2D eigenvalue weighted by Crippen LogP contribution is -2.43. The molecule has 2 aromatic carbocycles. The second-order valence-electron chi connectivity index (χ2n) is 7.58. The van der Waals surface area contributed by atoms with Crippen molar-refractivity contribution in [3.63, 3.8) is 0 Å². The van der Waals surface area contributed by atoms with Gasteiger partial charge in [0.25, 0.3) is 5.91 Å². The minimum atomic E-state index is -4.11. The molecule has 0 unspecified atom stereocenters. The predicted molar refractivity (Wildman–Crippen MR) is 119 cm³/mol. The summed E-state index contributed by atoms with van der Waals surface area (Å²) in [5.74, 6) is -0.120.